The van der Waals surface area contributed by atoms with Gasteiger partial charge in [-0.1, -0.05) is 12.1 Å². The van der Waals surface area contributed by atoms with Crippen LogP contribution < -0.4 is 4.74 Å². The third-order valence-corrected chi connectivity index (χ3v) is 6.80. The van der Waals surface area contributed by atoms with Crippen molar-refractivity contribution >= 4 is 15.7 Å². The van der Waals surface area contributed by atoms with Gasteiger partial charge in [0, 0.05) is 6.04 Å². The molecule has 27 heavy (non-hydrogen) atoms. The molecule has 1 aliphatic heterocycles. The number of carbonyl (C=O) groups is 1. The Morgan fingerprint density at radius 3 is 2.70 bits per heavy atom. The van der Waals surface area contributed by atoms with Gasteiger partial charge in [-0.25, -0.2) is 8.42 Å². The highest BCUT2D eigenvalue weighted by molar-refractivity contribution is 7.91. The highest BCUT2D eigenvalue weighted by Crippen LogP contribution is 2.25. The molecule has 0 N–H and O–H groups in total. The number of hydrogen-bond acceptors (Lipinski definition) is 5. The fraction of sp³-hybridized carbons (Fsp3) is 0.450. The number of aryl methyl sites for hydroxylation is 1. The molecule has 146 valence electrons. The Balaban J connectivity index is 1.80. The van der Waals surface area contributed by atoms with E-state index in [-0.39, 0.29) is 30.0 Å². The first kappa shape index (κ1) is 19.5. The largest absolute Gasteiger partial charge is 0.481 e. The van der Waals surface area contributed by atoms with E-state index < -0.39 is 15.9 Å². The normalized spacial score (nSPS) is 19.6. The molecule has 0 spiro atoms. The predicted octanol–water partition coefficient (Wildman–Crippen LogP) is 2.88. The first-order valence-electron chi connectivity index (χ1n) is 9.03. The number of nitrogens with zero attached hydrogens (tertiary/aromatic N) is 1. The van der Waals surface area contributed by atoms with E-state index in [0.717, 1.165) is 11.1 Å². The van der Waals surface area contributed by atoms with Crippen molar-refractivity contribution in [2.24, 2.45) is 0 Å². The maximum atomic E-state index is 13.1. The van der Waals surface area contributed by atoms with Gasteiger partial charge in [0.25, 0.3) is 5.91 Å². The van der Waals surface area contributed by atoms with Crippen molar-refractivity contribution < 1.29 is 22.4 Å². The molecule has 1 aromatic carbocycles. The molecule has 1 fully saturated rings. The van der Waals surface area contributed by atoms with Crippen molar-refractivity contribution in [1.29, 1.82) is 0 Å². The Bertz CT molecular complexity index is 904. The minimum Gasteiger partial charge on any atom is -0.481 e. The Labute approximate surface area is 160 Å². The summed E-state index contributed by atoms with van der Waals surface area (Å²) in [6, 6.07) is 8.88. The maximum absolute atomic E-state index is 13.1. The zero-order valence-corrected chi connectivity index (χ0v) is 16.7. The van der Waals surface area contributed by atoms with Crippen molar-refractivity contribution in [2.45, 2.75) is 45.9 Å². The zero-order chi connectivity index (χ0) is 19.6. The van der Waals surface area contributed by atoms with Gasteiger partial charge in [-0.15, -0.1) is 0 Å². The number of amides is 1. The second kappa shape index (κ2) is 7.76. The Hall–Kier alpha value is -2.28. The highest BCUT2D eigenvalue weighted by Gasteiger charge is 2.37. The number of sulfone groups is 1. The predicted molar refractivity (Wildman–Crippen MR) is 102 cm³/mol. The Kier molecular flexibility index (Phi) is 5.60. The fourth-order valence-corrected chi connectivity index (χ4v) is 5.04. The van der Waals surface area contributed by atoms with Crippen LogP contribution in [0.15, 0.2) is 41.0 Å². The van der Waals surface area contributed by atoms with Crippen molar-refractivity contribution in [1.82, 2.24) is 4.90 Å². The lowest BCUT2D eigenvalue weighted by Gasteiger charge is -2.30. The lowest BCUT2D eigenvalue weighted by molar-refractivity contribution is -0.141. The number of carbonyl (C=O) groups excluding carboxylic acids is 1. The summed E-state index contributed by atoms with van der Waals surface area (Å²) in [7, 11) is -3.12. The van der Waals surface area contributed by atoms with E-state index in [4.69, 9.17) is 9.15 Å². The van der Waals surface area contributed by atoms with Crippen LogP contribution in [-0.2, 0) is 21.2 Å². The van der Waals surface area contributed by atoms with Crippen LogP contribution in [-0.4, -0.2) is 42.9 Å². The smallest absolute Gasteiger partial charge is 0.264 e. The minimum atomic E-state index is -3.12. The van der Waals surface area contributed by atoms with Crippen molar-refractivity contribution in [3.63, 3.8) is 0 Å². The third-order valence-electron chi connectivity index (χ3n) is 5.04. The molecule has 0 radical (unpaired) electrons. The van der Waals surface area contributed by atoms with Crippen LogP contribution in [0, 0.1) is 13.8 Å². The number of benzene rings is 1. The van der Waals surface area contributed by atoms with E-state index in [1.807, 2.05) is 32.0 Å². The molecule has 1 aliphatic rings. The molecular formula is C20H25NO5S. The van der Waals surface area contributed by atoms with E-state index >= 15 is 0 Å². The second-order valence-electron chi connectivity index (χ2n) is 7.06. The van der Waals surface area contributed by atoms with Gasteiger partial charge in [-0.05, 0) is 56.5 Å². The van der Waals surface area contributed by atoms with Crippen molar-refractivity contribution in [2.75, 3.05) is 11.5 Å². The maximum Gasteiger partial charge on any atom is 0.264 e. The first-order valence-corrected chi connectivity index (χ1v) is 10.8. The molecule has 7 heteroatoms. The molecule has 2 unspecified atom stereocenters. The average molecular weight is 391 g/mol. The molecule has 1 amide bonds. The number of rotatable bonds is 6. The molecule has 0 saturated carbocycles. The number of furan rings is 1. The molecule has 1 saturated heterocycles. The molecule has 0 aliphatic carbocycles. The van der Waals surface area contributed by atoms with E-state index in [0.29, 0.717) is 17.9 Å². The summed E-state index contributed by atoms with van der Waals surface area (Å²) in [6.07, 6.45) is 1.24. The van der Waals surface area contributed by atoms with E-state index in [2.05, 4.69) is 0 Å². The molecule has 3 rings (SSSR count). The summed E-state index contributed by atoms with van der Waals surface area (Å²) < 4.78 is 35.1. The van der Waals surface area contributed by atoms with Crippen LogP contribution in [0.25, 0.3) is 0 Å². The number of ether oxygens (including phenoxy) is 1. The standard InChI is InChI=1S/C20H25NO5S/c1-14-6-4-8-19(15(14)2)26-16(3)20(22)21(12-18-7-5-10-25-18)17-9-11-27(23,24)13-17/h4-8,10,16-17H,9,11-13H2,1-3H3. The van der Waals surface area contributed by atoms with E-state index in [9.17, 15) is 13.2 Å². The zero-order valence-electron chi connectivity index (χ0n) is 15.8. The van der Waals surface area contributed by atoms with Crippen LogP contribution in [0.2, 0.25) is 0 Å². The topological polar surface area (TPSA) is 76.8 Å². The lowest BCUT2D eigenvalue weighted by atomic mass is 10.1. The van der Waals surface area contributed by atoms with Crippen molar-refractivity contribution in [3.8, 4) is 5.75 Å². The third kappa shape index (κ3) is 4.53. The molecule has 1 aromatic heterocycles. The molecule has 0 bridgehead atoms. The lowest BCUT2D eigenvalue weighted by Crippen LogP contribution is -2.46. The fourth-order valence-electron chi connectivity index (χ4n) is 3.30. The number of hydrogen-bond donors (Lipinski definition) is 0. The minimum absolute atomic E-state index is 0.0182. The van der Waals surface area contributed by atoms with Crippen LogP contribution in [0.1, 0.15) is 30.2 Å². The molecule has 2 aromatic rings. The van der Waals surface area contributed by atoms with Gasteiger partial charge in [0.1, 0.15) is 11.5 Å². The quantitative estimate of drug-likeness (QED) is 0.757. The van der Waals surface area contributed by atoms with Crippen LogP contribution in [0.4, 0.5) is 0 Å². The summed E-state index contributed by atoms with van der Waals surface area (Å²) in [4.78, 5) is 14.7. The average Bonchev–Trinajstić information content (AvgIpc) is 3.25. The molecular weight excluding hydrogens is 366 g/mol. The molecule has 6 nitrogen and oxygen atoms in total. The van der Waals surface area contributed by atoms with Crippen LogP contribution in [0.3, 0.4) is 0 Å². The van der Waals surface area contributed by atoms with Gasteiger partial charge in [0.05, 0.1) is 24.3 Å². The summed E-state index contributed by atoms with van der Waals surface area (Å²) in [5, 5.41) is 0. The van der Waals surface area contributed by atoms with Crippen molar-refractivity contribution in [3.05, 3.63) is 53.5 Å². The van der Waals surface area contributed by atoms with E-state index in [1.54, 1.807) is 30.2 Å². The summed E-state index contributed by atoms with van der Waals surface area (Å²) >= 11 is 0. The molecule has 2 heterocycles. The summed E-state index contributed by atoms with van der Waals surface area (Å²) in [5.41, 5.74) is 2.07. The van der Waals surface area contributed by atoms with Gasteiger partial charge < -0.3 is 14.1 Å². The SMILES string of the molecule is Cc1cccc(OC(C)C(=O)N(Cc2ccco2)C2CCS(=O)(=O)C2)c1C. The van der Waals surface area contributed by atoms with Gasteiger partial charge in [-0.3, -0.25) is 4.79 Å². The van der Waals surface area contributed by atoms with Crippen LogP contribution in [0.5, 0.6) is 5.75 Å². The van der Waals surface area contributed by atoms with Gasteiger partial charge in [-0.2, -0.15) is 0 Å². The summed E-state index contributed by atoms with van der Waals surface area (Å²) in [5.74, 6) is 1.12. The molecule has 2 atom stereocenters. The second-order valence-corrected chi connectivity index (χ2v) is 9.29. The van der Waals surface area contributed by atoms with Crippen LogP contribution >= 0.6 is 0 Å². The van der Waals surface area contributed by atoms with Gasteiger partial charge in [0.2, 0.25) is 0 Å². The first-order chi connectivity index (χ1) is 12.8. The van der Waals surface area contributed by atoms with E-state index in [1.165, 1.54) is 0 Å². The highest BCUT2D eigenvalue weighted by atomic mass is 32.2. The monoisotopic (exact) mass is 391 g/mol. The van der Waals surface area contributed by atoms with Gasteiger partial charge >= 0.3 is 0 Å². The van der Waals surface area contributed by atoms with Gasteiger partial charge in [0.15, 0.2) is 15.9 Å². The summed E-state index contributed by atoms with van der Waals surface area (Å²) in [6.45, 7) is 5.86. The Morgan fingerprint density at radius 1 is 1.30 bits per heavy atom. The Morgan fingerprint density at radius 2 is 2.07 bits per heavy atom.